The van der Waals surface area contributed by atoms with Crippen LogP contribution in [0.15, 0.2) is 12.4 Å². The molecule has 0 bridgehead atoms. The highest BCUT2D eigenvalue weighted by Gasteiger charge is 2.50. The number of alkyl halides is 6. The third-order valence-electron chi connectivity index (χ3n) is 1.91. The van der Waals surface area contributed by atoms with Crippen LogP contribution >= 0.6 is 0 Å². The fraction of sp³-hybridized carbons (Fsp3) is 0.778. The van der Waals surface area contributed by atoms with Crippen molar-refractivity contribution in [3.05, 3.63) is 12.4 Å². The highest BCUT2D eigenvalue weighted by Crippen LogP contribution is 2.33. The summed E-state index contributed by atoms with van der Waals surface area (Å²) in [5.41, 5.74) is -11.0. The lowest BCUT2D eigenvalue weighted by molar-refractivity contribution is -0.0754. The van der Waals surface area contributed by atoms with Crippen molar-refractivity contribution in [3.63, 3.8) is 0 Å². The van der Waals surface area contributed by atoms with Gasteiger partial charge >= 0.3 is 11.0 Å². The molecule has 0 atom stereocenters. The Labute approximate surface area is 109 Å². The number of nitrogens with one attached hydrogen (secondary N) is 1. The summed E-state index contributed by atoms with van der Waals surface area (Å²) in [4.78, 5) is 4.48. The van der Waals surface area contributed by atoms with Crippen LogP contribution in [0, 0.1) is 4.78 Å². The molecule has 0 saturated carbocycles. The minimum absolute atomic E-state index is 1.06. The highest BCUT2D eigenvalue weighted by atomic mass is 32.2. The molecule has 1 aliphatic rings. The third-order valence-corrected chi connectivity index (χ3v) is 2.84. The van der Waals surface area contributed by atoms with Gasteiger partial charge in [0, 0.05) is 26.0 Å². The summed E-state index contributed by atoms with van der Waals surface area (Å²) >= 11 is 0. The molecular weight excluding hydrogens is 296 g/mol. The number of rotatable bonds is 2. The second kappa shape index (κ2) is 7.01. The first-order valence-electron chi connectivity index (χ1n) is 5.20. The van der Waals surface area contributed by atoms with Crippen molar-refractivity contribution >= 4 is 10.7 Å². The molecule has 10 heteroatoms. The fourth-order valence-electron chi connectivity index (χ4n) is 1.15. The van der Waals surface area contributed by atoms with E-state index in [1.807, 2.05) is 0 Å². The Kier molecular flexibility index (Phi) is 6.67. The van der Waals surface area contributed by atoms with E-state index in [0.29, 0.717) is 0 Å². The summed E-state index contributed by atoms with van der Waals surface area (Å²) < 4.78 is 72.0. The van der Waals surface area contributed by atoms with E-state index in [1.165, 1.54) is 13.0 Å². The van der Waals surface area contributed by atoms with Gasteiger partial charge in [-0.2, -0.15) is 26.3 Å². The zero-order valence-electron chi connectivity index (χ0n) is 10.3. The molecule has 0 fully saturated rings. The van der Waals surface area contributed by atoms with Gasteiger partial charge in [0.1, 0.15) is 10.7 Å². The lowest BCUT2D eigenvalue weighted by Gasteiger charge is -2.16. The zero-order chi connectivity index (χ0) is 15.3. The van der Waals surface area contributed by atoms with Crippen molar-refractivity contribution in [3.8, 4) is 0 Å². The maximum Gasteiger partial charge on any atom is 0.460 e. The molecule has 1 heterocycles. The van der Waals surface area contributed by atoms with E-state index < -0.39 is 21.7 Å². The summed E-state index contributed by atoms with van der Waals surface area (Å²) in [6.07, 6.45) is 5.48. The summed E-state index contributed by atoms with van der Waals surface area (Å²) in [6.45, 7) is 4.45. The lowest BCUT2D eigenvalue weighted by Crippen LogP contribution is -2.28. The number of halogens is 6. The van der Waals surface area contributed by atoms with Crippen LogP contribution in [0.5, 0.6) is 0 Å². The van der Waals surface area contributed by atoms with Gasteiger partial charge in [-0.1, -0.05) is 6.92 Å². The first kappa shape index (κ1) is 18.1. The predicted molar refractivity (Wildman–Crippen MR) is 61.0 cm³/mol. The standard InChI is InChI=1S/C7H14N2.C2HF6NS/c1-3-4-9-6-5-8(2)7-9;3-1(4,5)10(9)2(6,7)8/h5-6H,3-4,7H2,1-2H3;9H. The average Bonchev–Trinajstić information content (AvgIpc) is 2.62. The molecule has 3 nitrogen and oxygen atoms in total. The molecule has 19 heavy (non-hydrogen) atoms. The molecule has 1 rings (SSSR count). The van der Waals surface area contributed by atoms with E-state index in [9.17, 15) is 26.3 Å². The zero-order valence-corrected chi connectivity index (χ0v) is 11.2. The molecule has 0 radical (unpaired) electrons. The first-order chi connectivity index (χ1) is 8.48. The summed E-state index contributed by atoms with van der Waals surface area (Å²) in [5, 5.41) is 0. The second-order valence-corrected chi connectivity index (χ2v) is 5.24. The molecule has 0 saturated heterocycles. The van der Waals surface area contributed by atoms with Gasteiger partial charge in [-0.25, -0.2) is 0 Å². The summed E-state index contributed by atoms with van der Waals surface area (Å²) in [5.74, 6) is 0. The highest BCUT2D eigenvalue weighted by molar-refractivity contribution is 7.87. The Bertz CT molecular complexity index is 309. The number of nitrogens with zero attached hydrogens (tertiary/aromatic N) is 2. The van der Waals surface area contributed by atoms with E-state index in [1.54, 1.807) is 0 Å². The molecule has 114 valence electrons. The van der Waals surface area contributed by atoms with Gasteiger partial charge in [0.05, 0.1) is 6.67 Å². The molecule has 0 aliphatic carbocycles. The van der Waals surface area contributed by atoms with Crippen molar-refractivity contribution < 1.29 is 26.3 Å². The monoisotopic (exact) mass is 311 g/mol. The molecule has 0 unspecified atom stereocenters. The van der Waals surface area contributed by atoms with Crippen LogP contribution in [-0.4, -0.2) is 41.1 Å². The van der Waals surface area contributed by atoms with Crippen molar-refractivity contribution in [2.45, 2.75) is 24.4 Å². The van der Waals surface area contributed by atoms with Crippen molar-refractivity contribution in [2.75, 3.05) is 20.3 Å². The smallest absolute Gasteiger partial charge is 0.362 e. The van der Waals surface area contributed by atoms with Crippen LogP contribution in [0.3, 0.4) is 0 Å². The number of hydrogen-bond acceptors (Lipinski definition) is 3. The molecule has 1 N–H and O–H groups in total. The van der Waals surface area contributed by atoms with Gasteiger partial charge in [-0.05, 0) is 6.42 Å². The maximum atomic E-state index is 11.0. The molecule has 0 spiro atoms. The molecular formula is C9H15F6N3S. The molecule has 1 aliphatic heterocycles. The van der Waals surface area contributed by atoms with E-state index >= 15 is 0 Å². The van der Waals surface area contributed by atoms with Crippen LogP contribution < -0.4 is 0 Å². The van der Waals surface area contributed by atoms with Crippen LogP contribution in [0.2, 0.25) is 0 Å². The first-order valence-corrected chi connectivity index (χ1v) is 6.42. The molecule has 0 aromatic carbocycles. The maximum absolute atomic E-state index is 11.0. The van der Waals surface area contributed by atoms with Crippen LogP contribution in [0.1, 0.15) is 13.3 Å². The van der Waals surface area contributed by atoms with Gasteiger partial charge in [0.2, 0.25) is 0 Å². The molecule has 0 aromatic heterocycles. The van der Waals surface area contributed by atoms with Crippen molar-refractivity contribution in [1.29, 1.82) is 4.78 Å². The van der Waals surface area contributed by atoms with Gasteiger partial charge in [-0.15, -0.1) is 0 Å². The van der Waals surface area contributed by atoms with E-state index in [-0.39, 0.29) is 0 Å². The van der Waals surface area contributed by atoms with E-state index in [4.69, 9.17) is 4.78 Å². The Balaban J connectivity index is 0.000000342. The lowest BCUT2D eigenvalue weighted by atomic mass is 10.4. The Morgan fingerprint density at radius 2 is 1.58 bits per heavy atom. The van der Waals surface area contributed by atoms with Crippen LogP contribution in [-0.2, 0) is 10.7 Å². The van der Waals surface area contributed by atoms with Gasteiger partial charge in [0.15, 0.2) is 0 Å². The van der Waals surface area contributed by atoms with Gasteiger partial charge in [0.25, 0.3) is 0 Å². The topological polar surface area (TPSA) is 30.3 Å². The van der Waals surface area contributed by atoms with Crippen LogP contribution in [0.25, 0.3) is 0 Å². The molecule has 0 amide bonds. The number of hydrogen-bond donors (Lipinski definition) is 1. The second-order valence-electron chi connectivity index (χ2n) is 3.71. The average molecular weight is 311 g/mol. The largest absolute Gasteiger partial charge is 0.460 e. The van der Waals surface area contributed by atoms with Gasteiger partial charge in [-0.3, -0.25) is 4.78 Å². The van der Waals surface area contributed by atoms with Crippen LogP contribution in [0.4, 0.5) is 26.3 Å². The fourth-order valence-corrected chi connectivity index (χ4v) is 1.42. The summed E-state index contributed by atoms with van der Waals surface area (Å²) in [6, 6.07) is 0. The van der Waals surface area contributed by atoms with Crippen molar-refractivity contribution in [1.82, 2.24) is 9.80 Å². The SMILES string of the molecule is CCCN1C=CN(C)C1.N=S(C(F)(F)F)C(F)(F)F. The minimum atomic E-state index is -5.49. The minimum Gasteiger partial charge on any atom is -0.362 e. The summed E-state index contributed by atoms with van der Waals surface area (Å²) in [7, 11) is -2.17. The quantitative estimate of drug-likeness (QED) is 0.791. The normalized spacial score (nSPS) is 15.8. The Morgan fingerprint density at radius 1 is 1.11 bits per heavy atom. The Morgan fingerprint density at radius 3 is 1.79 bits per heavy atom. The molecule has 0 aromatic rings. The van der Waals surface area contributed by atoms with E-state index in [0.717, 1.165) is 6.67 Å². The van der Waals surface area contributed by atoms with Crippen molar-refractivity contribution in [2.24, 2.45) is 0 Å². The third kappa shape index (κ3) is 7.28. The predicted octanol–water partition coefficient (Wildman–Crippen LogP) is 3.48. The van der Waals surface area contributed by atoms with E-state index in [2.05, 4.69) is 36.2 Å². The van der Waals surface area contributed by atoms with Gasteiger partial charge < -0.3 is 9.80 Å². The Hall–Kier alpha value is -0.930.